The number of hydrogen-bond acceptors (Lipinski definition) is 4. The van der Waals surface area contributed by atoms with Gasteiger partial charge in [0.25, 0.3) is 5.56 Å². The zero-order valence-electron chi connectivity index (χ0n) is 15.8. The number of amides is 1. The molecule has 2 aromatic heterocycles. The highest BCUT2D eigenvalue weighted by molar-refractivity contribution is 5.79. The van der Waals surface area contributed by atoms with Crippen LogP contribution in [-0.4, -0.2) is 38.8 Å². The number of pyridine rings is 1. The van der Waals surface area contributed by atoms with Gasteiger partial charge in [-0.1, -0.05) is 20.8 Å². The molecule has 0 fully saturated rings. The van der Waals surface area contributed by atoms with E-state index in [1.165, 1.54) is 0 Å². The van der Waals surface area contributed by atoms with Gasteiger partial charge in [-0.15, -0.1) is 0 Å². The normalized spacial score (nSPS) is 12.7. The van der Waals surface area contributed by atoms with Gasteiger partial charge < -0.3 is 9.88 Å². The molecule has 134 valence electrons. The lowest BCUT2D eigenvalue weighted by Crippen LogP contribution is -2.44. The first kappa shape index (κ1) is 18.8. The maximum Gasteiger partial charge on any atom is 0.255 e. The molecule has 1 N–H and O–H groups in total. The molecule has 6 nitrogen and oxygen atoms in total. The molecule has 1 amide bonds. The van der Waals surface area contributed by atoms with Crippen molar-refractivity contribution in [2.24, 2.45) is 5.41 Å². The van der Waals surface area contributed by atoms with Crippen molar-refractivity contribution in [1.82, 2.24) is 19.9 Å². The third-order valence-corrected chi connectivity index (χ3v) is 4.71. The minimum atomic E-state index is -0.281. The van der Waals surface area contributed by atoms with Crippen LogP contribution in [0.25, 0.3) is 11.4 Å². The molecule has 0 saturated heterocycles. The van der Waals surface area contributed by atoms with Crippen molar-refractivity contribution >= 4 is 5.91 Å². The zero-order chi connectivity index (χ0) is 18.8. The second-order valence-electron chi connectivity index (χ2n) is 7.44. The highest BCUT2D eigenvalue weighted by Crippen LogP contribution is 2.23. The largest absolute Gasteiger partial charge is 0.342 e. The molecule has 0 aliphatic carbocycles. The first-order valence-corrected chi connectivity index (χ1v) is 8.37. The number of nitrogens with one attached hydrogen (secondary N) is 1. The number of rotatable bonds is 4. The van der Waals surface area contributed by atoms with Crippen LogP contribution in [0.2, 0.25) is 0 Å². The summed E-state index contributed by atoms with van der Waals surface area (Å²) >= 11 is 0. The Kier molecular flexibility index (Phi) is 5.40. The number of likely N-dealkylation sites (N-methyl/N-ethyl adjacent to an activating group) is 1. The Hall–Kier alpha value is -2.50. The standard InChI is InChI=1S/C19H26N4O2/c1-12-15(10-16(24)23(6)13(2)19(3,4)5)18(25)22-17(21-12)14-8-7-9-20-11-14/h7-9,11,13H,10H2,1-6H3,(H,21,22,25). The Balaban J connectivity index is 2.26. The fraction of sp³-hybridized carbons (Fsp3) is 0.474. The summed E-state index contributed by atoms with van der Waals surface area (Å²) in [5.41, 5.74) is 1.39. The Labute approximate surface area is 148 Å². The maximum absolute atomic E-state index is 12.6. The van der Waals surface area contributed by atoms with Crippen molar-refractivity contribution in [3.05, 3.63) is 46.1 Å². The summed E-state index contributed by atoms with van der Waals surface area (Å²) < 4.78 is 0. The highest BCUT2D eigenvalue weighted by atomic mass is 16.2. The maximum atomic E-state index is 12.6. The number of H-pyrrole nitrogens is 1. The van der Waals surface area contributed by atoms with Crippen molar-refractivity contribution in [3.63, 3.8) is 0 Å². The summed E-state index contributed by atoms with van der Waals surface area (Å²) in [4.78, 5) is 38.0. The predicted octanol–water partition coefficient (Wildman–Crippen LogP) is 2.58. The van der Waals surface area contributed by atoms with E-state index < -0.39 is 0 Å². The third-order valence-electron chi connectivity index (χ3n) is 4.71. The molecule has 2 heterocycles. The summed E-state index contributed by atoms with van der Waals surface area (Å²) in [6.45, 7) is 10.0. The molecule has 0 radical (unpaired) electrons. The van der Waals surface area contributed by atoms with E-state index in [1.54, 1.807) is 37.3 Å². The summed E-state index contributed by atoms with van der Waals surface area (Å²) in [5.74, 6) is 0.371. The Morgan fingerprint density at radius 2 is 2.04 bits per heavy atom. The molecule has 0 aliphatic heterocycles. The molecule has 1 atom stereocenters. The molecule has 1 unspecified atom stereocenters. The van der Waals surface area contributed by atoms with Crippen LogP contribution >= 0.6 is 0 Å². The van der Waals surface area contributed by atoms with E-state index in [0.29, 0.717) is 17.1 Å². The summed E-state index contributed by atoms with van der Waals surface area (Å²) in [6, 6.07) is 3.67. The fourth-order valence-corrected chi connectivity index (χ4v) is 2.53. The number of carbonyl (C=O) groups is 1. The zero-order valence-corrected chi connectivity index (χ0v) is 15.8. The number of nitrogens with zero attached hydrogens (tertiary/aromatic N) is 3. The summed E-state index contributed by atoms with van der Waals surface area (Å²) in [6.07, 6.45) is 3.34. The van der Waals surface area contributed by atoms with Crippen LogP contribution in [0.5, 0.6) is 0 Å². The molecule has 0 bridgehead atoms. The Morgan fingerprint density at radius 1 is 1.36 bits per heavy atom. The lowest BCUT2D eigenvalue weighted by molar-refractivity contribution is -0.132. The molecule has 0 spiro atoms. The molecular formula is C19H26N4O2. The number of aromatic amines is 1. The van der Waals surface area contributed by atoms with Gasteiger partial charge in [-0.3, -0.25) is 14.6 Å². The minimum absolute atomic E-state index is 0.0334. The van der Waals surface area contributed by atoms with Crippen LogP contribution in [-0.2, 0) is 11.2 Å². The van der Waals surface area contributed by atoms with Gasteiger partial charge in [0.2, 0.25) is 5.91 Å². The summed E-state index contributed by atoms with van der Waals surface area (Å²) in [5, 5.41) is 0. The van der Waals surface area contributed by atoms with Crippen molar-refractivity contribution in [2.75, 3.05) is 7.05 Å². The number of carbonyl (C=O) groups excluding carboxylic acids is 1. The highest BCUT2D eigenvalue weighted by Gasteiger charge is 2.27. The van der Waals surface area contributed by atoms with Crippen LogP contribution < -0.4 is 5.56 Å². The Morgan fingerprint density at radius 3 is 2.56 bits per heavy atom. The number of hydrogen-bond donors (Lipinski definition) is 1. The average molecular weight is 342 g/mol. The van der Waals surface area contributed by atoms with E-state index in [9.17, 15) is 9.59 Å². The number of aryl methyl sites for hydroxylation is 1. The average Bonchev–Trinajstić information content (AvgIpc) is 2.56. The molecular weight excluding hydrogens is 316 g/mol. The second kappa shape index (κ2) is 7.17. The molecule has 2 aromatic rings. The van der Waals surface area contributed by atoms with Crippen LogP contribution in [0.15, 0.2) is 29.3 Å². The van der Waals surface area contributed by atoms with Gasteiger partial charge in [0.1, 0.15) is 5.82 Å². The first-order chi connectivity index (χ1) is 11.6. The molecule has 0 aromatic carbocycles. The lowest BCUT2D eigenvalue weighted by atomic mass is 9.87. The fourth-order valence-electron chi connectivity index (χ4n) is 2.53. The molecule has 25 heavy (non-hydrogen) atoms. The van der Waals surface area contributed by atoms with E-state index >= 15 is 0 Å². The van der Waals surface area contributed by atoms with E-state index in [2.05, 4.69) is 35.7 Å². The molecule has 6 heteroatoms. The van der Waals surface area contributed by atoms with E-state index in [4.69, 9.17) is 0 Å². The monoisotopic (exact) mass is 342 g/mol. The van der Waals surface area contributed by atoms with Gasteiger partial charge in [0.05, 0.1) is 6.42 Å². The number of aromatic nitrogens is 3. The quantitative estimate of drug-likeness (QED) is 0.926. The van der Waals surface area contributed by atoms with Gasteiger partial charge in [0.15, 0.2) is 0 Å². The molecule has 2 rings (SSSR count). The SMILES string of the molecule is Cc1nc(-c2cccnc2)[nH]c(=O)c1CC(=O)N(C)C(C)C(C)(C)C. The lowest BCUT2D eigenvalue weighted by Gasteiger charge is -2.35. The first-order valence-electron chi connectivity index (χ1n) is 8.37. The van der Waals surface area contributed by atoms with Crippen molar-refractivity contribution in [2.45, 2.75) is 47.1 Å². The van der Waals surface area contributed by atoms with Gasteiger partial charge in [0, 0.05) is 42.3 Å². The second-order valence-corrected chi connectivity index (χ2v) is 7.44. The predicted molar refractivity (Wildman–Crippen MR) is 98.2 cm³/mol. The van der Waals surface area contributed by atoms with Crippen LogP contribution in [0.1, 0.15) is 39.0 Å². The van der Waals surface area contributed by atoms with Gasteiger partial charge >= 0.3 is 0 Å². The Bertz CT molecular complexity index is 806. The molecule has 0 saturated carbocycles. The van der Waals surface area contributed by atoms with Gasteiger partial charge in [-0.25, -0.2) is 4.98 Å². The van der Waals surface area contributed by atoms with Gasteiger partial charge in [-0.05, 0) is 31.4 Å². The van der Waals surface area contributed by atoms with E-state index in [-0.39, 0.29) is 29.3 Å². The van der Waals surface area contributed by atoms with Crippen molar-refractivity contribution in [3.8, 4) is 11.4 Å². The smallest absolute Gasteiger partial charge is 0.255 e. The minimum Gasteiger partial charge on any atom is -0.342 e. The van der Waals surface area contributed by atoms with Crippen molar-refractivity contribution in [1.29, 1.82) is 0 Å². The topological polar surface area (TPSA) is 79.0 Å². The van der Waals surface area contributed by atoms with Crippen LogP contribution in [0, 0.1) is 12.3 Å². The van der Waals surface area contributed by atoms with Crippen molar-refractivity contribution < 1.29 is 4.79 Å². The molecule has 0 aliphatic rings. The van der Waals surface area contributed by atoms with Gasteiger partial charge in [-0.2, -0.15) is 0 Å². The summed E-state index contributed by atoms with van der Waals surface area (Å²) in [7, 11) is 1.78. The van der Waals surface area contributed by atoms with E-state index in [0.717, 1.165) is 5.56 Å². The third kappa shape index (κ3) is 4.32. The van der Waals surface area contributed by atoms with Crippen LogP contribution in [0.3, 0.4) is 0 Å². The van der Waals surface area contributed by atoms with Crippen LogP contribution in [0.4, 0.5) is 0 Å². The van der Waals surface area contributed by atoms with E-state index in [1.807, 2.05) is 13.0 Å².